The minimum atomic E-state index is -0.0720. The van der Waals surface area contributed by atoms with E-state index in [-0.39, 0.29) is 41.3 Å². The predicted octanol–water partition coefficient (Wildman–Crippen LogP) is 3.86. The summed E-state index contributed by atoms with van der Waals surface area (Å²) in [5.41, 5.74) is 1.22. The fourth-order valence-corrected chi connectivity index (χ4v) is 4.51. The summed E-state index contributed by atoms with van der Waals surface area (Å²) in [6.45, 7) is 6.17. The number of rotatable bonds is 5. The highest BCUT2D eigenvalue weighted by Crippen LogP contribution is 2.35. The Morgan fingerprint density at radius 3 is 2.63 bits per heavy atom. The topological polar surface area (TPSA) is 63.2 Å². The predicted molar refractivity (Wildman–Crippen MR) is 131 cm³/mol. The maximum Gasteiger partial charge on any atom is 0.309 e. The van der Waals surface area contributed by atoms with Crippen LogP contribution >= 0.6 is 35.6 Å². The van der Waals surface area contributed by atoms with Crippen molar-refractivity contribution in [1.82, 2.24) is 10.2 Å². The first-order valence-electron chi connectivity index (χ1n) is 10.5. The first kappa shape index (κ1) is 25.2. The Labute approximate surface area is 201 Å². The van der Waals surface area contributed by atoms with Crippen molar-refractivity contribution in [3.05, 3.63) is 34.9 Å². The van der Waals surface area contributed by atoms with E-state index in [1.54, 1.807) is 0 Å². The van der Waals surface area contributed by atoms with E-state index < -0.39 is 0 Å². The van der Waals surface area contributed by atoms with Gasteiger partial charge in [0.05, 0.1) is 12.5 Å². The van der Waals surface area contributed by atoms with Crippen LogP contribution in [-0.4, -0.2) is 63.3 Å². The lowest BCUT2D eigenvalue weighted by Crippen LogP contribution is -2.51. The van der Waals surface area contributed by atoms with Gasteiger partial charge in [-0.2, -0.15) is 0 Å². The largest absolute Gasteiger partial charge is 0.466 e. The second kappa shape index (κ2) is 12.1. The van der Waals surface area contributed by atoms with Crippen molar-refractivity contribution in [1.29, 1.82) is 0 Å². The summed E-state index contributed by atoms with van der Waals surface area (Å²) in [7, 11) is 1.82. The molecule has 2 heterocycles. The van der Waals surface area contributed by atoms with Gasteiger partial charge in [0.25, 0.3) is 0 Å². The van der Waals surface area contributed by atoms with Gasteiger partial charge in [0.2, 0.25) is 0 Å². The minimum absolute atomic E-state index is 0. The molecule has 3 rings (SSSR count). The number of ether oxygens (including phenoxy) is 2. The summed E-state index contributed by atoms with van der Waals surface area (Å²) in [4.78, 5) is 18.7. The molecule has 1 aromatic carbocycles. The number of hydrogen-bond acceptors (Lipinski definition) is 4. The van der Waals surface area contributed by atoms with Gasteiger partial charge >= 0.3 is 5.97 Å². The lowest BCUT2D eigenvalue weighted by Gasteiger charge is -2.40. The van der Waals surface area contributed by atoms with Crippen LogP contribution in [0.4, 0.5) is 0 Å². The van der Waals surface area contributed by atoms with E-state index in [9.17, 15) is 4.79 Å². The minimum Gasteiger partial charge on any atom is -0.466 e. The zero-order valence-electron chi connectivity index (χ0n) is 17.9. The molecule has 0 aliphatic carbocycles. The van der Waals surface area contributed by atoms with E-state index in [1.807, 2.05) is 26.1 Å². The molecule has 1 aromatic rings. The van der Waals surface area contributed by atoms with Crippen molar-refractivity contribution in [2.75, 3.05) is 46.5 Å². The lowest BCUT2D eigenvalue weighted by molar-refractivity contribution is -0.149. The Hall–Kier alpha value is -1.06. The van der Waals surface area contributed by atoms with Crippen molar-refractivity contribution in [2.45, 2.75) is 38.0 Å². The molecule has 168 valence electrons. The first-order chi connectivity index (χ1) is 14.1. The Morgan fingerprint density at radius 1 is 1.33 bits per heavy atom. The molecule has 2 aliphatic heterocycles. The van der Waals surface area contributed by atoms with Gasteiger partial charge < -0.3 is 19.7 Å². The van der Waals surface area contributed by atoms with Crippen molar-refractivity contribution in [3.8, 4) is 0 Å². The monoisotopic (exact) mass is 549 g/mol. The number of likely N-dealkylation sites (tertiary alicyclic amines) is 1. The Bertz CT molecular complexity index is 717. The van der Waals surface area contributed by atoms with E-state index in [2.05, 4.69) is 27.3 Å². The van der Waals surface area contributed by atoms with Gasteiger partial charge in [0.15, 0.2) is 5.96 Å². The van der Waals surface area contributed by atoms with Gasteiger partial charge in [-0.25, -0.2) is 0 Å². The van der Waals surface area contributed by atoms with Crippen LogP contribution in [-0.2, 0) is 19.7 Å². The number of guanidine groups is 1. The molecule has 30 heavy (non-hydrogen) atoms. The van der Waals surface area contributed by atoms with Crippen LogP contribution in [0.15, 0.2) is 29.3 Å². The highest BCUT2D eigenvalue weighted by atomic mass is 127. The average molecular weight is 550 g/mol. The summed E-state index contributed by atoms with van der Waals surface area (Å²) >= 11 is 6.28. The van der Waals surface area contributed by atoms with E-state index in [4.69, 9.17) is 21.1 Å². The summed E-state index contributed by atoms with van der Waals surface area (Å²) in [5.74, 6) is 0.815. The van der Waals surface area contributed by atoms with Crippen LogP contribution in [0, 0.1) is 5.92 Å². The van der Waals surface area contributed by atoms with Crippen LogP contribution in [0.1, 0.15) is 38.2 Å². The van der Waals surface area contributed by atoms with Gasteiger partial charge in [-0.15, -0.1) is 24.0 Å². The van der Waals surface area contributed by atoms with Crippen molar-refractivity contribution in [2.24, 2.45) is 10.9 Å². The smallest absolute Gasteiger partial charge is 0.309 e. The summed E-state index contributed by atoms with van der Waals surface area (Å²) in [5, 5.41) is 4.36. The number of halogens is 2. The SMILES string of the molecule is CCOC(=O)C1CCN(C(=NC)NCC2(c3cccc(Cl)c3)CCOCC2)CC1.I. The van der Waals surface area contributed by atoms with E-state index in [0.717, 1.165) is 69.5 Å². The number of benzene rings is 1. The van der Waals surface area contributed by atoms with Crippen molar-refractivity contribution >= 4 is 47.5 Å². The second-order valence-electron chi connectivity index (χ2n) is 7.82. The van der Waals surface area contributed by atoms with Crippen LogP contribution in [0.25, 0.3) is 0 Å². The molecule has 2 aliphatic rings. The number of nitrogens with one attached hydrogen (secondary N) is 1. The van der Waals surface area contributed by atoms with E-state index >= 15 is 0 Å². The van der Waals surface area contributed by atoms with Gasteiger partial charge in [-0.1, -0.05) is 23.7 Å². The number of aliphatic imine (C=N–C) groups is 1. The van der Waals surface area contributed by atoms with Crippen molar-refractivity contribution in [3.63, 3.8) is 0 Å². The van der Waals surface area contributed by atoms with Gasteiger partial charge in [-0.05, 0) is 50.3 Å². The summed E-state index contributed by atoms with van der Waals surface area (Å²) in [6.07, 6.45) is 3.49. The van der Waals surface area contributed by atoms with Crippen LogP contribution in [0.2, 0.25) is 5.02 Å². The molecule has 8 heteroatoms. The molecule has 2 fully saturated rings. The van der Waals surface area contributed by atoms with E-state index in [1.165, 1.54) is 5.56 Å². The molecular weight excluding hydrogens is 517 g/mol. The summed E-state index contributed by atoms with van der Waals surface area (Å²) in [6, 6.07) is 8.16. The zero-order chi connectivity index (χ0) is 20.7. The fourth-order valence-electron chi connectivity index (χ4n) is 4.32. The molecule has 0 spiro atoms. The quantitative estimate of drug-likeness (QED) is 0.262. The van der Waals surface area contributed by atoms with Gasteiger partial charge in [0.1, 0.15) is 0 Å². The fraction of sp³-hybridized carbons (Fsp3) is 0.636. The second-order valence-corrected chi connectivity index (χ2v) is 8.25. The average Bonchev–Trinajstić information content (AvgIpc) is 2.75. The molecule has 0 amide bonds. The number of piperidine rings is 1. The Morgan fingerprint density at radius 2 is 2.03 bits per heavy atom. The number of nitrogens with zero attached hydrogens (tertiary/aromatic N) is 2. The molecule has 0 radical (unpaired) electrons. The van der Waals surface area contributed by atoms with Gasteiger partial charge in [-0.3, -0.25) is 9.79 Å². The standard InChI is InChI=1S/C22H32ClN3O3.HI/c1-3-29-20(27)17-7-11-26(12-8-17)21(24-2)25-16-22(9-13-28-14-10-22)18-5-4-6-19(23)15-18;/h4-6,15,17H,3,7-14,16H2,1-2H3,(H,24,25);1H. The van der Waals surface area contributed by atoms with E-state index in [0.29, 0.717) is 6.61 Å². The third-order valence-corrected chi connectivity index (χ3v) is 6.33. The maximum absolute atomic E-state index is 12.0. The molecule has 6 nitrogen and oxygen atoms in total. The number of esters is 1. The molecule has 0 bridgehead atoms. The molecule has 1 N–H and O–H groups in total. The Balaban J connectivity index is 0.00000320. The van der Waals surface area contributed by atoms with Gasteiger partial charge in [0, 0.05) is 50.3 Å². The lowest BCUT2D eigenvalue weighted by atomic mass is 9.74. The van der Waals surface area contributed by atoms with Crippen LogP contribution in [0.5, 0.6) is 0 Å². The molecule has 0 aromatic heterocycles. The summed E-state index contributed by atoms with van der Waals surface area (Å²) < 4.78 is 10.8. The zero-order valence-corrected chi connectivity index (χ0v) is 20.9. The third-order valence-electron chi connectivity index (χ3n) is 6.10. The van der Waals surface area contributed by atoms with Crippen LogP contribution < -0.4 is 5.32 Å². The highest BCUT2D eigenvalue weighted by molar-refractivity contribution is 14.0. The number of carbonyl (C=O) groups is 1. The molecule has 0 atom stereocenters. The Kier molecular flexibility index (Phi) is 10.2. The normalized spacial score (nSPS) is 19.7. The molecule has 0 unspecified atom stereocenters. The highest BCUT2D eigenvalue weighted by Gasteiger charge is 2.35. The maximum atomic E-state index is 12.0. The van der Waals surface area contributed by atoms with Crippen molar-refractivity contribution < 1.29 is 14.3 Å². The molecule has 0 saturated carbocycles. The third kappa shape index (κ3) is 6.23. The molecular formula is C22H33ClIN3O3. The number of hydrogen-bond donors (Lipinski definition) is 1. The number of carbonyl (C=O) groups excluding carboxylic acids is 1. The molecule has 2 saturated heterocycles. The van der Waals surface area contributed by atoms with Crippen LogP contribution in [0.3, 0.4) is 0 Å². The first-order valence-corrected chi connectivity index (χ1v) is 10.9.